The number of pyridine rings is 1. The predicted octanol–water partition coefficient (Wildman–Crippen LogP) is 3.19. The monoisotopic (exact) mass is 697 g/mol. The van der Waals surface area contributed by atoms with Gasteiger partial charge in [-0.15, -0.1) is 0 Å². The summed E-state index contributed by atoms with van der Waals surface area (Å²) in [5, 5.41) is 8.80. The number of amides is 3. The maximum atomic E-state index is 14.0. The van der Waals surface area contributed by atoms with Gasteiger partial charge < -0.3 is 25.4 Å². The smallest absolute Gasteiger partial charge is 0.243 e. The van der Waals surface area contributed by atoms with Crippen LogP contribution in [0.1, 0.15) is 55.9 Å². The number of carbonyl (C=O) groups excluding carboxylic acids is 4. The fourth-order valence-corrected chi connectivity index (χ4v) is 6.27. The van der Waals surface area contributed by atoms with Crippen LogP contribution in [0.5, 0.6) is 0 Å². The zero-order valence-corrected chi connectivity index (χ0v) is 29.9. The Morgan fingerprint density at radius 3 is 2.06 bits per heavy atom. The Morgan fingerprint density at radius 2 is 1.41 bits per heavy atom. The molecule has 5 rings (SSSR count). The third kappa shape index (κ3) is 11.8. The Labute approximate surface area is 300 Å². The highest BCUT2D eigenvalue weighted by Gasteiger charge is 2.50. The van der Waals surface area contributed by atoms with Gasteiger partial charge >= 0.3 is 0 Å². The van der Waals surface area contributed by atoms with Crippen LogP contribution in [0.2, 0.25) is 0 Å². The zero-order chi connectivity index (χ0) is 36.2. The molecular formula is C40H51N5O6. The quantitative estimate of drug-likeness (QED) is 0.172. The lowest BCUT2D eigenvalue weighted by atomic mass is 9.93. The number of aromatic nitrogens is 1. The van der Waals surface area contributed by atoms with Gasteiger partial charge in [0.2, 0.25) is 17.7 Å². The minimum Gasteiger partial charge on any atom is -0.379 e. The molecule has 11 nitrogen and oxygen atoms in total. The van der Waals surface area contributed by atoms with Gasteiger partial charge in [0, 0.05) is 38.4 Å². The molecule has 3 heterocycles. The summed E-state index contributed by atoms with van der Waals surface area (Å²) in [6.07, 6.45) is 4.83. The average molecular weight is 698 g/mol. The number of epoxide rings is 1. The summed E-state index contributed by atoms with van der Waals surface area (Å²) in [6, 6.07) is 18.6. The van der Waals surface area contributed by atoms with E-state index in [1.165, 1.54) is 0 Å². The van der Waals surface area contributed by atoms with Crippen LogP contribution in [0.25, 0.3) is 0 Å². The molecule has 0 bridgehead atoms. The normalized spacial score (nSPS) is 19.1. The largest absolute Gasteiger partial charge is 0.379 e. The Morgan fingerprint density at radius 1 is 0.784 bits per heavy atom. The summed E-state index contributed by atoms with van der Waals surface area (Å²) in [5.41, 5.74) is 2.90. The number of carbonyl (C=O) groups is 4. The molecular weight excluding hydrogens is 646 g/mol. The SMILES string of the molecule is CC(C)C[C@H](NC(=O)[C@H](Cc1ccncc1)NC(=O)[C@H](CCc1ccccc1)NC(=O)Cc1ccc(CN2CCOCC2)cc1)C(=O)C1(C)CO1. The molecule has 2 saturated heterocycles. The van der Waals surface area contributed by atoms with Gasteiger partial charge in [-0.1, -0.05) is 68.4 Å². The summed E-state index contributed by atoms with van der Waals surface area (Å²) in [7, 11) is 0. The second kappa shape index (κ2) is 18.2. The number of benzene rings is 2. The molecule has 2 aromatic carbocycles. The van der Waals surface area contributed by atoms with Crippen LogP contribution in [-0.2, 0) is 54.5 Å². The molecule has 1 aromatic heterocycles. The van der Waals surface area contributed by atoms with E-state index in [-0.39, 0.29) is 30.4 Å². The Bertz CT molecular complexity index is 1590. The first-order chi connectivity index (χ1) is 24.6. The molecule has 0 aliphatic carbocycles. The van der Waals surface area contributed by atoms with E-state index in [1.807, 2.05) is 68.4 Å². The van der Waals surface area contributed by atoms with Crippen molar-refractivity contribution < 1.29 is 28.7 Å². The average Bonchev–Trinajstić information content (AvgIpc) is 3.89. The molecule has 1 unspecified atom stereocenters. The molecule has 11 heteroatoms. The summed E-state index contributed by atoms with van der Waals surface area (Å²) in [6.45, 7) is 10.1. The summed E-state index contributed by atoms with van der Waals surface area (Å²) in [4.78, 5) is 61.1. The van der Waals surface area contributed by atoms with Gasteiger partial charge in [-0.3, -0.25) is 29.1 Å². The van der Waals surface area contributed by atoms with Crippen molar-refractivity contribution in [2.24, 2.45) is 5.92 Å². The second-order valence-electron chi connectivity index (χ2n) is 14.2. The van der Waals surface area contributed by atoms with Gasteiger partial charge in [-0.05, 0) is 66.5 Å². The highest BCUT2D eigenvalue weighted by molar-refractivity contribution is 5.98. The number of nitrogens with zero attached hydrogens (tertiary/aromatic N) is 2. The molecule has 4 atom stereocenters. The fourth-order valence-electron chi connectivity index (χ4n) is 6.27. The van der Waals surface area contributed by atoms with Crippen molar-refractivity contribution in [1.82, 2.24) is 25.8 Å². The van der Waals surface area contributed by atoms with Crippen LogP contribution < -0.4 is 16.0 Å². The first kappa shape index (κ1) is 37.8. The van der Waals surface area contributed by atoms with E-state index in [2.05, 4.69) is 25.8 Å². The predicted molar refractivity (Wildman–Crippen MR) is 194 cm³/mol. The molecule has 2 aliphatic heterocycles. The number of ketones is 1. The van der Waals surface area contributed by atoms with Gasteiger partial charge in [-0.25, -0.2) is 0 Å². The number of ether oxygens (including phenoxy) is 2. The second-order valence-corrected chi connectivity index (χ2v) is 14.2. The van der Waals surface area contributed by atoms with Crippen LogP contribution in [0.15, 0.2) is 79.1 Å². The van der Waals surface area contributed by atoms with Crippen molar-refractivity contribution in [3.8, 4) is 0 Å². The van der Waals surface area contributed by atoms with Crippen LogP contribution in [0.3, 0.4) is 0 Å². The number of nitrogens with one attached hydrogen (secondary N) is 3. The van der Waals surface area contributed by atoms with E-state index < -0.39 is 35.5 Å². The topological polar surface area (TPSA) is 142 Å². The minimum absolute atomic E-state index is 0.105. The van der Waals surface area contributed by atoms with Crippen molar-refractivity contribution in [2.75, 3.05) is 32.9 Å². The van der Waals surface area contributed by atoms with Gasteiger partial charge in [0.15, 0.2) is 5.78 Å². The Hall–Kier alpha value is -4.45. The lowest BCUT2D eigenvalue weighted by Gasteiger charge is -2.27. The molecule has 3 N–H and O–H groups in total. The highest BCUT2D eigenvalue weighted by Crippen LogP contribution is 2.29. The van der Waals surface area contributed by atoms with Gasteiger partial charge in [0.1, 0.15) is 17.7 Å². The number of aryl methyl sites for hydroxylation is 1. The first-order valence-corrected chi connectivity index (χ1v) is 18.0. The van der Waals surface area contributed by atoms with Gasteiger partial charge in [0.05, 0.1) is 32.3 Å². The van der Waals surface area contributed by atoms with Crippen molar-refractivity contribution in [1.29, 1.82) is 0 Å². The van der Waals surface area contributed by atoms with Crippen molar-refractivity contribution in [3.05, 3.63) is 101 Å². The molecule has 2 aliphatic rings. The summed E-state index contributed by atoms with van der Waals surface area (Å²) in [5.74, 6) is -1.29. The number of hydrogen-bond acceptors (Lipinski definition) is 8. The maximum Gasteiger partial charge on any atom is 0.243 e. The molecule has 0 saturated carbocycles. The van der Waals surface area contributed by atoms with E-state index >= 15 is 0 Å². The maximum absolute atomic E-state index is 14.0. The Balaban J connectivity index is 1.29. The first-order valence-electron chi connectivity index (χ1n) is 18.0. The van der Waals surface area contributed by atoms with E-state index in [9.17, 15) is 19.2 Å². The Kier molecular flexibility index (Phi) is 13.5. The van der Waals surface area contributed by atoms with E-state index in [4.69, 9.17) is 9.47 Å². The summed E-state index contributed by atoms with van der Waals surface area (Å²) >= 11 is 0. The summed E-state index contributed by atoms with van der Waals surface area (Å²) < 4.78 is 10.9. The number of Topliss-reactive ketones (excluding diaryl/α,β-unsaturated/α-hetero) is 1. The minimum atomic E-state index is -1.01. The number of rotatable bonds is 18. The van der Waals surface area contributed by atoms with Crippen molar-refractivity contribution >= 4 is 23.5 Å². The molecule has 3 amide bonds. The molecule has 0 radical (unpaired) electrons. The number of hydrogen-bond donors (Lipinski definition) is 3. The van der Waals surface area contributed by atoms with Crippen LogP contribution in [0, 0.1) is 5.92 Å². The van der Waals surface area contributed by atoms with Crippen molar-refractivity contribution in [2.45, 2.75) is 83.1 Å². The van der Waals surface area contributed by atoms with Gasteiger partial charge in [-0.2, -0.15) is 0 Å². The van der Waals surface area contributed by atoms with Crippen LogP contribution in [-0.4, -0.2) is 90.0 Å². The molecule has 272 valence electrons. The third-order valence-corrected chi connectivity index (χ3v) is 9.37. The van der Waals surface area contributed by atoms with Gasteiger partial charge in [0.25, 0.3) is 0 Å². The van der Waals surface area contributed by atoms with Crippen molar-refractivity contribution in [3.63, 3.8) is 0 Å². The zero-order valence-electron chi connectivity index (χ0n) is 29.9. The standard InChI is InChI=1S/C40H51N5O6/c1-28(2)23-34(37(47)40(3)27-51-40)43-39(49)35(24-31-15-17-41-18-16-31)44-38(48)33(14-13-29-7-5-4-6-8-29)42-36(46)25-30-9-11-32(12-10-30)26-45-19-21-50-22-20-45/h4-12,15-18,28,33-35H,13-14,19-27H2,1-3H3,(H,42,46)(H,43,49)(H,44,48)/t33-,34-,35-,40?/m0/s1. The van der Waals surface area contributed by atoms with Crippen LogP contribution in [0.4, 0.5) is 0 Å². The number of morpholine rings is 1. The van der Waals surface area contributed by atoms with E-state index in [0.717, 1.165) is 55.1 Å². The molecule has 2 fully saturated rings. The van der Waals surface area contributed by atoms with Crippen LogP contribution >= 0.6 is 0 Å². The fraction of sp³-hybridized carbons (Fsp3) is 0.475. The third-order valence-electron chi connectivity index (χ3n) is 9.37. The molecule has 0 spiro atoms. The highest BCUT2D eigenvalue weighted by atomic mass is 16.6. The lowest BCUT2D eigenvalue weighted by Crippen LogP contribution is -2.57. The van der Waals surface area contributed by atoms with E-state index in [0.29, 0.717) is 25.9 Å². The molecule has 51 heavy (non-hydrogen) atoms. The lowest BCUT2D eigenvalue weighted by molar-refractivity contribution is -0.134. The molecule has 3 aromatic rings. The van der Waals surface area contributed by atoms with E-state index in [1.54, 1.807) is 31.5 Å².